The van der Waals surface area contributed by atoms with E-state index in [4.69, 9.17) is 22.1 Å². The number of nitrogens with two attached hydrogens (primary N) is 1. The number of rotatable bonds is 6. The molecule has 21 heavy (non-hydrogen) atoms. The van der Waals surface area contributed by atoms with Crippen LogP contribution in [0.25, 0.3) is 0 Å². The number of benzene rings is 2. The zero-order chi connectivity index (χ0) is 15.2. The minimum atomic E-state index is -0.535. The van der Waals surface area contributed by atoms with Crippen molar-refractivity contribution in [2.24, 2.45) is 5.73 Å². The van der Waals surface area contributed by atoms with E-state index < -0.39 is 5.91 Å². The summed E-state index contributed by atoms with van der Waals surface area (Å²) < 4.78 is 6.23. The predicted octanol–water partition coefficient (Wildman–Crippen LogP) is 3.58. The van der Waals surface area contributed by atoms with Crippen LogP contribution in [0.2, 0.25) is 5.02 Å². The van der Waals surface area contributed by atoms with Gasteiger partial charge in [-0.1, -0.05) is 33.6 Å². The van der Waals surface area contributed by atoms with Crippen molar-refractivity contribution >= 4 is 39.1 Å². The molecule has 2 aromatic carbocycles. The van der Waals surface area contributed by atoms with E-state index in [0.717, 1.165) is 15.7 Å². The van der Waals surface area contributed by atoms with Crippen LogP contribution in [-0.4, -0.2) is 12.5 Å². The second-order valence-electron chi connectivity index (χ2n) is 4.38. The molecule has 0 aliphatic rings. The van der Waals surface area contributed by atoms with Gasteiger partial charge in [-0.25, -0.2) is 0 Å². The summed E-state index contributed by atoms with van der Waals surface area (Å²) in [6.45, 7) is 0.452. The first kappa shape index (κ1) is 15.7. The zero-order valence-corrected chi connectivity index (χ0v) is 13.4. The summed E-state index contributed by atoms with van der Waals surface area (Å²) in [4.78, 5) is 10.7. The smallest absolute Gasteiger partial charge is 0.255 e. The Morgan fingerprint density at radius 2 is 1.95 bits per heavy atom. The molecule has 3 N–H and O–H groups in total. The fourth-order valence-corrected chi connectivity index (χ4v) is 2.21. The molecule has 0 bridgehead atoms. The van der Waals surface area contributed by atoms with E-state index in [1.165, 1.54) is 0 Å². The van der Waals surface area contributed by atoms with Gasteiger partial charge in [-0.05, 0) is 42.0 Å². The Labute approximate surface area is 136 Å². The van der Waals surface area contributed by atoms with Crippen LogP contribution in [-0.2, 0) is 11.3 Å². The van der Waals surface area contributed by atoms with Gasteiger partial charge in [0, 0.05) is 16.7 Å². The van der Waals surface area contributed by atoms with Gasteiger partial charge in [-0.15, -0.1) is 0 Å². The lowest BCUT2D eigenvalue weighted by atomic mass is 10.2. The predicted molar refractivity (Wildman–Crippen MR) is 87.6 cm³/mol. The highest BCUT2D eigenvalue weighted by Gasteiger charge is 2.05. The summed E-state index contributed by atoms with van der Waals surface area (Å²) in [7, 11) is 0. The third kappa shape index (κ3) is 4.95. The van der Waals surface area contributed by atoms with E-state index in [1.807, 2.05) is 30.3 Å². The Hall–Kier alpha value is -1.72. The van der Waals surface area contributed by atoms with Gasteiger partial charge in [0.25, 0.3) is 5.91 Å². The molecule has 0 unspecified atom stereocenters. The summed E-state index contributed by atoms with van der Waals surface area (Å²) in [5, 5.41) is 3.74. The van der Waals surface area contributed by atoms with E-state index in [1.54, 1.807) is 12.1 Å². The fourth-order valence-electron chi connectivity index (χ4n) is 1.69. The monoisotopic (exact) mass is 368 g/mol. The van der Waals surface area contributed by atoms with Crippen molar-refractivity contribution in [2.75, 3.05) is 11.9 Å². The molecular weight excluding hydrogens is 356 g/mol. The molecule has 0 saturated heterocycles. The number of hydrogen-bond donors (Lipinski definition) is 2. The van der Waals surface area contributed by atoms with Gasteiger partial charge in [0.1, 0.15) is 5.75 Å². The third-order valence-corrected chi connectivity index (χ3v) is 3.53. The number of ether oxygens (including phenoxy) is 1. The molecule has 4 nitrogen and oxygen atoms in total. The number of hydrogen-bond acceptors (Lipinski definition) is 3. The van der Waals surface area contributed by atoms with E-state index in [-0.39, 0.29) is 6.61 Å². The summed E-state index contributed by atoms with van der Waals surface area (Å²) in [5.74, 6) is -0.0880. The normalized spacial score (nSPS) is 10.2. The Bertz CT molecular complexity index is 632. The molecule has 0 spiro atoms. The summed E-state index contributed by atoms with van der Waals surface area (Å²) in [5.41, 5.74) is 7.05. The van der Waals surface area contributed by atoms with Crippen molar-refractivity contribution in [3.63, 3.8) is 0 Å². The van der Waals surface area contributed by atoms with E-state index in [0.29, 0.717) is 17.3 Å². The molecule has 0 heterocycles. The van der Waals surface area contributed by atoms with E-state index >= 15 is 0 Å². The lowest BCUT2D eigenvalue weighted by Gasteiger charge is -2.10. The minimum Gasteiger partial charge on any atom is -0.482 e. The number of carbonyl (C=O) groups is 1. The number of nitrogens with one attached hydrogen (secondary N) is 1. The molecule has 0 aliphatic carbocycles. The molecule has 2 aromatic rings. The largest absolute Gasteiger partial charge is 0.482 e. The molecule has 0 saturated carbocycles. The maximum Gasteiger partial charge on any atom is 0.255 e. The lowest BCUT2D eigenvalue weighted by molar-refractivity contribution is -0.119. The second-order valence-corrected chi connectivity index (χ2v) is 5.70. The van der Waals surface area contributed by atoms with Crippen LogP contribution in [0, 0.1) is 0 Å². The first-order valence-electron chi connectivity index (χ1n) is 6.23. The highest BCUT2D eigenvalue weighted by molar-refractivity contribution is 9.10. The van der Waals surface area contributed by atoms with Crippen LogP contribution in [0.4, 0.5) is 5.69 Å². The van der Waals surface area contributed by atoms with Gasteiger partial charge in [-0.2, -0.15) is 0 Å². The van der Waals surface area contributed by atoms with Gasteiger partial charge in [0.2, 0.25) is 0 Å². The second kappa shape index (κ2) is 7.33. The molecule has 110 valence electrons. The molecular formula is C15H14BrClN2O2. The van der Waals surface area contributed by atoms with Gasteiger partial charge in [-0.3, -0.25) is 4.79 Å². The van der Waals surface area contributed by atoms with Gasteiger partial charge < -0.3 is 15.8 Å². The van der Waals surface area contributed by atoms with Crippen LogP contribution in [0.15, 0.2) is 46.9 Å². The Morgan fingerprint density at radius 3 is 2.57 bits per heavy atom. The van der Waals surface area contributed by atoms with Crippen LogP contribution in [0.1, 0.15) is 5.56 Å². The number of carbonyl (C=O) groups excluding carboxylic acids is 1. The molecule has 0 radical (unpaired) electrons. The van der Waals surface area contributed by atoms with Crippen LogP contribution < -0.4 is 15.8 Å². The first-order chi connectivity index (χ1) is 10.0. The summed E-state index contributed by atoms with van der Waals surface area (Å²) in [6, 6.07) is 13.3. The average molecular weight is 370 g/mol. The van der Waals surface area contributed by atoms with Crippen LogP contribution in [0.3, 0.4) is 0 Å². The lowest BCUT2D eigenvalue weighted by Crippen LogP contribution is -2.20. The van der Waals surface area contributed by atoms with Crippen molar-refractivity contribution in [3.05, 3.63) is 57.5 Å². The van der Waals surface area contributed by atoms with Gasteiger partial charge >= 0.3 is 0 Å². The van der Waals surface area contributed by atoms with Crippen molar-refractivity contribution < 1.29 is 9.53 Å². The molecule has 0 aliphatic heterocycles. The van der Waals surface area contributed by atoms with Crippen molar-refractivity contribution in [1.29, 1.82) is 0 Å². The quantitative estimate of drug-likeness (QED) is 0.818. The van der Waals surface area contributed by atoms with Crippen LogP contribution in [0.5, 0.6) is 5.75 Å². The zero-order valence-electron chi connectivity index (χ0n) is 11.1. The maximum absolute atomic E-state index is 10.7. The Balaban J connectivity index is 1.96. The average Bonchev–Trinajstić information content (AvgIpc) is 2.45. The Kier molecular flexibility index (Phi) is 5.47. The highest BCUT2D eigenvalue weighted by Crippen LogP contribution is 2.26. The molecule has 6 heteroatoms. The SMILES string of the molecule is NC(=O)COc1ccc(CNc2ccc(Br)cc2)cc1Cl. The topological polar surface area (TPSA) is 64.4 Å². The van der Waals surface area contributed by atoms with E-state index in [2.05, 4.69) is 21.2 Å². The van der Waals surface area contributed by atoms with Gasteiger partial charge in [0.05, 0.1) is 5.02 Å². The number of amides is 1. The molecule has 2 rings (SSSR count). The molecule has 0 aromatic heterocycles. The summed E-state index contributed by atoms with van der Waals surface area (Å²) in [6.07, 6.45) is 0. The number of halogens is 2. The van der Waals surface area contributed by atoms with Crippen molar-refractivity contribution in [2.45, 2.75) is 6.54 Å². The van der Waals surface area contributed by atoms with Crippen LogP contribution >= 0.6 is 27.5 Å². The maximum atomic E-state index is 10.7. The standard InChI is InChI=1S/C15H14BrClN2O2/c16-11-2-4-12(5-3-11)19-8-10-1-6-14(13(17)7-10)21-9-15(18)20/h1-7,19H,8-9H2,(H2,18,20). The Morgan fingerprint density at radius 1 is 1.24 bits per heavy atom. The summed E-state index contributed by atoms with van der Waals surface area (Å²) >= 11 is 9.50. The highest BCUT2D eigenvalue weighted by atomic mass is 79.9. The van der Waals surface area contributed by atoms with Gasteiger partial charge in [0.15, 0.2) is 6.61 Å². The fraction of sp³-hybridized carbons (Fsp3) is 0.133. The molecule has 1 amide bonds. The molecule has 0 atom stereocenters. The minimum absolute atomic E-state index is 0.184. The third-order valence-electron chi connectivity index (χ3n) is 2.71. The number of primary amides is 1. The van der Waals surface area contributed by atoms with E-state index in [9.17, 15) is 4.79 Å². The first-order valence-corrected chi connectivity index (χ1v) is 7.40. The van der Waals surface area contributed by atoms with Crippen molar-refractivity contribution in [1.82, 2.24) is 0 Å². The molecule has 0 fully saturated rings. The van der Waals surface area contributed by atoms with Crippen molar-refractivity contribution in [3.8, 4) is 5.75 Å². The number of anilines is 1.